The van der Waals surface area contributed by atoms with Crippen LogP contribution in [0.1, 0.15) is 55.3 Å². The Morgan fingerprint density at radius 2 is 1.77 bits per heavy atom. The predicted molar refractivity (Wildman–Crippen MR) is 52.8 cm³/mol. The molecule has 0 fully saturated rings. The van der Waals surface area contributed by atoms with Crippen molar-refractivity contribution in [3.63, 3.8) is 0 Å². The molecule has 0 aliphatic heterocycles. The smallest absolute Gasteiger partial charge is 0.105 e. The molecule has 0 aliphatic carbocycles. The van der Waals surface area contributed by atoms with Gasteiger partial charge in [0.15, 0.2) is 0 Å². The van der Waals surface area contributed by atoms with Crippen LogP contribution in [0.2, 0.25) is 0 Å². The first kappa shape index (κ1) is 13.6. The fourth-order valence-corrected chi connectivity index (χ4v) is 1.66. The van der Waals surface area contributed by atoms with Gasteiger partial charge in [0.1, 0.15) is 5.67 Å². The summed E-state index contributed by atoms with van der Waals surface area (Å²) in [6, 6.07) is 0. The van der Waals surface area contributed by atoms with Crippen molar-refractivity contribution in [3.05, 3.63) is 6.40 Å². The number of hydrogen-bond acceptors (Lipinski definition) is 0. The van der Waals surface area contributed by atoms with E-state index >= 15 is 0 Å². The van der Waals surface area contributed by atoms with E-state index in [9.17, 15) is 4.39 Å². The van der Waals surface area contributed by atoms with Gasteiger partial charge in [0.05, 0.1) is 0 Å². The second kappa shape index (κ2) is 6.17. The topological polar surface area (TPSA) is 0 Å². The summed E-state index contributed by atoms with van der Waals surface area (Å²) in [5, 5.41) is 0. The van der Waals surface area contributed by atoms with Crippen LogP contribution in [0.15, 0.2) is 0 Å². The zero-order valence-electron chi connectivity index (χ0n) is 10.4. The van der Waals surface area contributed by atoms with Crippen molar-refractivity contribution < 1.29 is 26.8 Å². The van der Waals surface area contributed by atoms with Gasteiger partial charge in [-0.15, -0.1) is 0 Å². The van der Waals surface area contributed by atoms with Gasteiger partial charge in [0.25, 0.3) is 0 Å². The zero-order chi connectivity index (χ0) is 10.7. The van der Waals surface area contributed by atoms with E-state index in [0.717, 1.165) is 6.42 Å². The van der Waals surface area contributed by atoms with Crippen molar-refractivity contribution >= 4 is 0 Å². The Morgan fingerprint density at radius 3 is 2.08 bits per heavy atom. The van der Waals surface area contributed by atoms with E-state index in [2.05, 4.69) is 0 Å². The molecule has 0 saturated heterocycles. The molecule has 0 aromatic carbocycles. The van der Waals surface area contributed by atoms with Crippen molar-refractivity contribution in [2.75, 3.05) is 0 Å². The Labute approximate surface area is 98.3 Å². The maximum Gasteiger partial charge on any atom is 0.105 e. The molecule has 0 aromatic rings. The molecule has 0 N–H and O–H groups in total. The summed E-state index contributed by atoms with van der Waals surface area (Å²) in [6.45, 7) is 9.23. The second-order valence-corrected chi connectivity index (χ2v) is 4.84. The van der Waals surface area contributed by atoms with Crippen molar-refractivity contribution in [1.82, 2.24) is 0 Å². The Hall–Kier alpha value is 0.618. The first-order valence-corrected chi connectivity index (χ1v) is 4.66. The number of alkyl halides is 1. The Balaban J connectivity index is 0. The molecule has 0 saturated carbocycles. The molecule has 0 rings (SSSR count). The second-order valence-electron chi connectivity index (χ2n) is 4.84. The van der Waals surface area contributed by atoms with E-state index in [4.69, 9.17) is 1.37 Å². The summed E-state index contributed by atoms with van der Waals surface area (Å²) in [5.74, 6) is 0. The monoisotopic (exact) mass is 358 g/mol. The van der Waals surface area contributed by atoms with Gasteiger partial charge in [-0.2, -0.15) is 12.8 Å². The maximum absolute atomic E-state index is 13.4. The van der Waals surface area contributed by atoms with Crippen LogP contribution in [0.3, 0.4) is 0 Å². The van der Waals surface area contributed by atoms with E-state index in [-0.39, 0.29) is 26.5 Å². The molecule has 0 unspecified atom stereocenters. The first-order valence-electron chi connectivity index (χ1n) is 5.16. The standard InChI is InChI=1S/C11H22F.W/c1-6-7-8-10(2,3)9-11(4,5)12;/h7H,6,8-9H2,1-5H3;/q-1;/i7D;. The van der Waals surface area contributed by atoms with Crippen LogP contribution in [0.4, 0.5) is 4.39 Å². The Morgan fingerprint density at radius 1 is 1.31 bits per heavy atom. The zero-order valence-corrected chi connectivity index (χ0v) is 12.3. The van der Waals surface area contributed by atoms with Crippen molar-refractivity contribution in [3.8, 4) is 0 Å². The third-order valence-corrected chi connectivity index (χ3v) is 1.75. The van der Waals surface area contributed by atoms with Gasteiger partial charge in [0, 0.05) is 21.1 Å². The van der Waals surface area contributed by atoms with E-state index in [1.165, 1.54) is 0 Å². The molecule has 80 valence electrons. The molecule has 0 spiro atoms. The van der Waals surface area contributed by atoms with Crippen molar-refractivity contribution in [1.29, 1.82) is 0 Å². The predicted octanol–water partition coefficient (Wildman–Crippen LogP) is 4.15. The minimum atomic E-state index is -1.13. The SMILES string of the molecule is [2H][C-](CC)CC(C)(C)CC(C)(C)F.[W]. The number of halogens is 1. The molecule has 0 atom stereocenters. The van der Waals surface area contributed by atoms with Gasteiger partial charge in [0.2, 0.25) is 0 Å². The van der Waals surface area contributed by atoms with Crippen molar-refractivity contribution in [2.24, 2.45) is 5.41 Å². The van der Waals surface area contributed by atoms with Gasteiger partial charge >= 0.3 is 0 Å². The quantitative estimate of drug-likeness (QED) is 0.648. The third-order valence-electron chi connectivity index (χ3n) is 1.75. The van der Waals surface area contributed by atoms with Crippen LogP contribution < -0.4 is 0 Å². The molecule has 0 radical (unpaired) electrons. The minimum absolute atomic E-state index is 0. The normalized spacial score (nSPS) is 13.9. The van der Waals surface area contributed by atoms with Crippen LogP contribution in [-0.2, 0) is 21.1 Å². The summed E-state index contributed by atoms with van der Waals surface area (Å²) in [4.78, 5) is 0. The van der Waals surface area contributed by atoms with Crippen LogP contribution in [0, 0.1) is 11.8 Å². The van der Waals surface area contributed by atoms with Gasteiger partial charge in [-0.05, 0) is 20.3 Å². The van der Waals surface area contributed by atoms with Gasteiger partial charge in [-0.25, -0.2) is 5.76 Å². The summed E-state index contributed by atoms with van der Waals surface area (Å²) in [6.07, 6.45) is 2.71. The van der Waals surface area contributed by atoms with Gasteiger partial charge in [-0.1, -0.05) is 26.2 Å². The van der Waals surface area contributed by atoms with Crippen LogP contribution in [0.5, 0.6) is 0 Å². The third kappa shape index (κ3) is 10.5. The molecule has 2 heteroatoms. The molecule has 0 nitrogen and oxygen atoms in total. The van der Waals surface area contributed by atoms with E-state index < -0.39 is 5.67 Å². The molecule has 13 heavy (non-hydrogen) atoms. The minimum Gasteiger partial charge on any atom is -0.328 e. The van der Waals surface area contributed by atoms with E-state index in [1.54, 1.807) is 13.8 Å². The summed E-state index contributed by atoms with van der Waals surface area (Å²) < 4.78 is 20.9. The van der Waals surface area contributed by atoms with E-state index in [1.807, 2.05) is 20.8 Å². The number of hydrogen-bond donors (Lipinski definition) is 0. The van der Waals surface area contributed by atoms with Crippen LogP contribution >= 0.6 is 0 Å². The van der Waals surface area contributed by atoms with Crippen LogP contribution in [-0.4, -0.2) is 5.67 Å². The van der Waals surface area contributed by atoms with Crippen molar-refractivity contribution in [2.45, 2.75) is 59.5 Å². The van der Waals surface area contributed by atoms with Gasteiger partial charge in [-0.3, -0.25) is 0 Å². The molecular formula is C11H22FW-. The average molecular weight is 358 g/mol. The summed E-state index contributed by atoms with van der Waals surface area (Å²) >= 11 is 0. The fourth-order valence-electron chi connectivity index (χ4n) is 1.66. The average Bonchev–Trinajstić information content (AvgIpc) is 1.80. The number of rotatable bonds is 5. The van der Waals surface area contributed by atoms with Crippen LogP contribution in [0.25, 0.3) is 0 Å². The van der Waals surface area contributed by atoms with Gasteiger partial charge < -0.3 is 6.40 Å². The molecular weight excluding hydrogens is 335 g/mol. The molecule has 0 aliphatic rings. The van der Waals surface area contributed by atoms with E-state index in [0.29, 0.717) is 19.2 Å². The molecule has 0 heterocycles. The first-order chi connectivity index (χ1) is 5.66. The molecule has 0 aromatic heterocycles. The molecule has 0 bridgehead atoms. The maximum atomic E-state index is 13.4. The molecule has 0 amide bonds. The largest absolute Gasteiger partial charge is 0.328 e. The Bertz CT molecular complexity index is 152. The fraction of sp³-hybridized carbons (Fsp3) is 0.909. The summed E-state index contributed by atoms with van der Waals surface area (Å²) in [7, 11) is 0. The summed E-state index contributed by atoms with van der Waals surface area (Å²) in [5.41, 5.74) is -1.22. The Kier molecular flexibility index (Phi) is 6.46.